The Morgan fingerprint density at radius 2 is 1.80 bits per heavy atom. The summed E-state index contributed by atoms with van der Waals surface area (Å²) in [6.45, 7) is 3.58. The molecule has 2 bridgehead atoms. The van der Waals surface area contributed by atoms with E-state index in [4.69, 9.17) is 11.6 Å². The highest BCUT2D eigenvalue weighted by Gasteiger charge is 2.48. The van der Waals surface area contributed by atoms with E-state index in [-0.39, 0.29) is 18.1 Å². The van der Waals surface area contributed by atoms with Crippen molar-refractivity contribution in [1.29, 1.82) is 0 Å². The van der Waals surface area contributed by atoms with Crippen LogP contribution in [0.4, 0.5) is 0 Å². The maximum atomic E-state index is 13.4. The van der Waals surface area contributed by atoms with Gasteiger partial charge in [0.05, 0.1) is 28.6 Å². The average Bonchev–Trinajstić information content (AvgIpc) is 3.16. The lowest BCUT2D eigenvalue weighted by Gasteiger charge is -2.37. The third-order valence-electron chi connectivity index (χ3n) is 5.56. The molecule has 2 aliphatic rings. The van der Waals surface area contributed by atoms with E-state index < -0.39 is 10.0 Å². The second kappa shape index (κ2) is 5.82. The van der Waals surface area contributed by atoms with Gasteiger partial charge in [-0.1, -0.05) is 11.6 Å². The SMILES string of the molecule is Cc1nn(C)c(C)c1S(=O)(=O)N1C2CCC1CC(n1cc(Cl)cn1)C2. The molecule has 0 N–H and O–H groups in total. The Morgan fingerprint density at radius 1 is 1.16 bits per heavy atom. The molecule has 136 valence electrons. The van der Waals surface area contributed by atoms with Gasteiger partial charge in [-0.15, -0.1) is 0 Å². The molecule has 7 nitrogen and oxygen atoms in total. The van der Waals surface area contributed by atoms with Gasteiger partial charge in [-0.2, -0.15) is 14.5 Å². The Balaban J connectivity index is 1.66. The Kier molecular flexibility index (Phi) is 3.97. The van der Waals surface area contributed by atoms with Crippen molar-refractivity contribution < 1.29 is 8.42 Å². The van der Waals surface area contributed by atoms with Gasteiger partial charge in [-0.3, -0.25) is 9.36 Å². The minimum absolute atomic E-state index is 0.00994. The maximum Gasteiger partial charge on any atom is 0.247 e. The minimum atomic E-state index is -3.54. The molecular formula is C16H22ClN5O2S. The lowest BCUT2D eigenvalue weighted by Crippen LogP contribution is -2.47. The number of halogens is 1. The Labute approximate surface area is 152 Å². The summed E-state index contributed by atoms with van der Waals surface area (Å²) < 4.78 is 32.0. The third-order valence-corrected chi connectivity index (χ3v) is 8.02. The first-order chi connectivity index (χ1) is 11.8. The fourth-order valence-electron chi connectivity index (χ4n) is 4.46. The van der Waals surface area contributed by atoms with Gasteiger partial charge >= 0.3 is 0 Å². The topological polar surface area (TPSA) is 73.0 Å². The van der Waals surface area contributed by atoms with Crippen LogP contribution in [0, 0.1) is 13.8 Å². The molecule has 0 aliphatic carbocycles. The normalized spacial score (nSPS) is 27.1. The summed E-state index contributed by atoms with van der Waals surface area (Å²) in [6, 6.07) is 0.221. The number of hydrogen-bond acceptors (Lipinski definition) is 4. The quantitative estimate of drug-likeness (QED) is 0.816. The van der Waals surface area contributed by atoms with Crippen molar-refractivity contribution in [2.75, 3.05) is 0 Å². The molecule has 9 heteroatoms. The van der Waals surface area contributed by atoms with Crippen molar-refractivity contribution in [1.82, 2.24) is 23.9 Å². The largest absolute Gasteiger partial charge is 0.271 e. The van der Waals surface area contributed by atoms with Crippen molar-refractivity contribution in [3.05, 3.63) is 28.8 Å². The fraction of sp³-hybridized carbons (Fsp3) is 0.625. The first-order valence-electron chi connectivity index (χ1n) is 8.52. The zero-order valence-electron chi connectivity index (χ0n) is 14.6. The Bertz CT molecular complexity index is 905. The Morgan fingerprint density at radius 3 is 2.28 bits per heavy atom. The average molecular weight is 384 g/mol. The lowest BCUT2D eigenvalue weighted by molar-refractivity contribution is 0.184. The van der Waals surface area contributed by atoms with Crippen LogP contribution in [0.5, 0.6) is 0 Å². The number of aromatic nitrogens is 4. The molecule has 4 heterocycles. The summed E-state index contributed by atoms with van der Waals surface area (Å²) in [7, 11) is -1.76. The van der Waals surface area contributed by atoms with E-state index in [0.29, 0.717) is 21.3 Å². The summed E-state index contributed by atoms with van der Waals surface area (Å²) in [5.74, 6) is 0. The van der Waals surface area contributed by atoms with Gasteiger partial charge in [0.1, 0.15) is 4.90 Å². The fourth-order valence-corrected chi connectivity index (χ4v) is 6.90. The smallest absolute Gasteiger partial charge is 0.247 e. The van der Waals surface area contributed by atoms with Crippen molar-refractivity contribution in [2.45, 2.75) is 62.6 Å². The number of rotatable bonds is 3. The summed E-state index contributed by atoms with van der Waals surface area (Å²) >= 11 is 5.99. The third kappa shape index (κ3) is 2.62. The van der Waals surface area contributed by atoms with Gasteiger partial charge in [0.15, 0.2) is 0 Å². The van der Waals surface area contributed by atoms with Crippen LogP contribution in [-0.4, -0.2) is 44.4 Å². The van der Waals surface area contributed by atoms with E-state index in [1.165, 1.54) is 0 Å². The van der Waals surface area contributed by atoms with Gasteiger partial charge in [-0.05, 0) is 39.5 Å². The van der Waals surface area contributed by atoms with Gasteiger partial charge < -0.3 is 0 Å². The maximum absolute atomic E-state index is 13.4. The van der Waals surface area contributed by atoms with E-state index in [1.54, 1.807) is 29.2 Å². The van der Waals surface area contributed by atoms with E-state index in [1.807, 2.05) is 17.8 Å². The summed E-state index contributed by atoms with van der Waals surface area (Å²) in [5, 5.41) is 9.22. The summed E-state index contributed by atoms with van der Waals surface area (Å²) in [6.07, 6.45) is 6.79. The minimum Gasteiger partial charge on any atom is -0.271 e. The van der Waals surface area contributed by atoms with Crippen LogP contribution in [0.25, 0.3) is 0 Å². The van der Waals surface area contributed by atoms with Crippen LogP contribution in [-0.2, 0) is 17.1 Å². The molecule has 0 spiro atoms. The highest BCUT2D eigenvalue weighted by molar-refractivity contribution is 7.89. The number of nitrogens with zero attached hydrogens (tertiary/aromatic N) is 5. The number of hydrogen-bond donors (Lipinski definition) is 0. The first-order valence-corrected chi connectivity index (χ1v) is 10.3. The van der Waals surface area contributed by atoms with Crippen molar-refractivity contribution >= 4 is 21.6 Å². The van der Waals surface area contributed by atoms with Gasteiger partial charge in [0, 0.05) is 25.3 Å². The summed E-state index contributed by atoms with van der Waals surface area (Å²) in [4.78, 5) is 0.368. The Hall–Kier alpha value is -1.38. The zero-order chi connectivity index (χ0) is 17.9. The molecular weight excluding hydrogens is 362 g/mol. The van der Waals surface area contributed by atoms with Crippen LogP contribution in [0.2, 0.25) is 5.02 Å². The van der Waals surface area contributed by atoms with Crippen molar-refractivity contribution in [3.8, 4) is 0 Å². The molecule has 2 atom stereocenters. The molecule has 2 aromatic heterocycles. The molecule has 0 radical (unpaired) electrons. The molecule has 4 rings (SSSR count). The van der Waals surface area contributed by atoms with Gasteiger partial charge in [0.25, 0.3) is 0 Å². The van der Waals surface area contributed by atoms with Crippen LogP contribution in [0.15, 0.2) is 17.3 Å². The van der Waals surface area contributed by atoms with Crippen LogP contribution in [0.3, 0.4) is 0 Å². The van der Waals surface area contributed by atoms with E-state index in [2.05, 4.69) is 10.2 Å². The van der Waals surface area contributed by atoms with Crippen LogP contribution < -0.4 is 0 Å². The number of sulfonamides is 1. The highest BCUT2D eigenvalue weighted by Crippen LogP contribution is 2.44. The molecule has 0 amide bonds. The standard InChI is InChI=1S/C16H22ClN5O2S/c1-10-16(11(2)20(3)19-10)25(23,24)22-13-4-5-14(22)7-15(6-13)21-9-12(17)8-18-21/h8-9,13-15H,4-7H2,1-3H3. The highest BCUT2D eigenvalue weighted by atomic mass is 35.5. The first kappa shape index (κ1) is 17.1. The van der Waals surface area contributed by atoms with Crippen LogP contribution in [0.1, 0.15) is 43.1 Å². The molecule has 0 saturated carbocycles. The van der Waals surface area contributed by atoms with Crippen molar-refractivity contribution in [3.63, 3.8) is 0 Å². The number of fused-ring (bicyclic) bond motifs is 2. The monoisotopic (exact) mass is 383 g/mol. The molecule has 2 saturated heterocycles. The van der Waals surface area contributed by atoms with Crippen molar-refractivity contribution in [2.24, 2.45) is 7.05 Å². The predicted molar refractivity (Wildman–Crippen MR) is 94.0 cm³/mol. The lowest BCUT2D eigenvalue weighted by atomic mass is 10.00. The van der Waals surface area contributed by atoms with E-state index in [9.17, 15) is 8.42 Å². The molecule has 2 fully saturated rings. The predicted octanol–water partition coefficient (Wildman–Crippen LogP) is 2.44. The van der Waals surface area contributed by atoms with Crippen LogP contribution >= 0.6 is 11.6 Å². The van der Waals surface area contributed by atoms with Gasteiger partial charge in [-0.25, -0.2) is 8.42 Å². The molecule has 2 aliphatic heterocycles. The van der Waals surface area contributed by atoms with Gasteiger partial charge in [0.2, 0.25) is 10.0 Å². The number of aryl methyl sites for hydroxylation is 2. The molecule has 2 unspecified atom stereocenters. The van der Waals surface area contributed by atoms with E-state index >= 15 is 0 Å². The summed E-state index contributed by atoms with van der Waals surface area (Å²) in [5.41, 5.74) is 1.26. The zero-order valence-corrected chi connectivity index (χ0v) is 16.1. The van der Waals surface area contributed by atoms with E-state index in [0.717, 1.165) is 25.7 Å². The molecule has 2 aromatic rings. The molecule has 0 aromatic carbocycles. The second-order valence-electron chi connectivity index (χ2n) is 7.11. The second-order valence-corrected chi connectivity index (χ2v) is 9.32. The molecule has 25 heavy (non-hydrogen) atoms. The number of piperidine rings is 1.